The first kappa shape index (κ1) is 12.3. The van der Waals surface area contributed by atoms with E-state index in [4.69, 9.17) is 0 Å². The summed E-state index contributed by atoms with van der Waals surface area (Å²) in [5, 5.41) is 12.4. The molecule has 0 spiro atoms. The number of carbonyl (C=O) groups is 1. The van der Waals surface area contributed by atoms with Crippen LogP contribution in [0.5, 0.6) is 5.75 Å². The Morgan fingerprint density at radius 2 is 2.12 bits per heavy atom. The number of aromatic hydroxyl groups is 1. The second kappa shape index (κ2) is 5.35. The quantitative estimate of drug-likeness (QED) is 0.767. The highest BCUT2D eigenvalue weighted by molar-refractivity contribution is 5.97. The van der Waals surface area contributed by atoms with Crippen LogP contribution in [0.3, 0.4) is 0 Å². The monoisotopic (exact) mass is 219 g/mol. The first-order valence-corrected chi connectivity index (χ1v) is 5.22. The highest BCUT2D eigenvalue weighted by Gasteiger charge is 2.10. The summed E-state index contributed by atoms with van der Waals surface area (Å²) in [7, 11) is 0. The molecule has 0 aliphatic heterocycles. The standard InChI is InChI=1S/C13H17NO2/c1-9(2)7-8-14-13(16)11-6-4-5-10(3)12(11)15/h4-7,15H,8H2,1-3H3,(H,14,16). The number of para-hydroxylation sites is 1. The lowest BCUT2D eigenvalue weighted by atomic mass is 10.1. The Morgan fingerprint density at radius 3 is 2.75 bits per heavy atom. The van der Waals surface area contributed by atoms with Gasteiger partial charge in [0, 0.05) is 6.54 Å². The van der Waals surface area contributed by atoms with Crippen molar-refractivity contribution < 1.29 is 9.90 Å². The van der Waals surface area contributed by atoms with Crippen LogP contribution in [0.1, 0.15) is 29.8 Å². The van der Waals surface area contributed by atoms with Gasteiger partial charge in [0.25, 0.3) is 5.91 Å². The summed E-state index contributed by atoms with van der Waals surface area (Å²) in [4.78, 5) is 11.7. The normalized spacial score (nSPS) is 9.69. The van der Waals surface area contributed by atoms with Crippen molar-refractivity contribution in [2.24, 2.45) is 0 Å². The average Bonchev–Trinajstić information content (AvgIpc) is 2.21. The van der Waals surface area contributed by atoms with Gasteiger partial charge in [-0.25, -0.2) is 0 Å². The predicted molar refractivity (Wildman–Crippen MR) is 64.6 cm³/mol. The number of nitrogens with one attached hydrogen (secondary N) is 1. The van der Waals surface area contributed by atoms with E-state index in [1.807, 2.05) is 19.9 Å². The second-order valence-electron chi connectivity index (χ2n) is 3.96. The average molecular weight is 219 g/mol. The number of phenols is 1. The summed E-state index contributed by atoms with van der Waals surface area (Å²) in [6, 6.07) is 5.13. The van der Waals surface area contributed by atoms with Crippen molar-refractivity contribution in [2.75, 3.05) is 6.54 Å². The molecule has 16 heavy (non-hydrogen) atoms. The zero-order chi connectivity index (χ0) is 12.1. The SMILES string of the molecule is CC(C)=CCNC(=O)c1cccc(C)c1O. The fraction of sp³-hybridized carbons (Fsp3) is 0.308. The first-order chi connectivity index (χ1) is 7.52. The number of hydrogen-bond acceptors (Lipinski definition) is 2. The van der Waals surface area contributed by atoms with Gasteiger partial charge in [0.1, 0.15) is 5.75 Å². The van der Waals surface area contributed by atoms with Gasteiger partial charge < -0.3 is 10.4 Å². The fourth-order valence-corrected chi connectivity index (χ4v) is 1.29. The number of allylic oxidation sites excluding steroid dienone is 1. The number of phenolic OH excluding ortho intramolecular Hbond substituents is 1. The molecule has 86 valence electrons. The summed E-state index contributed by atoms with van der Waals surface area (Å²) in [5.41, 5.74) is 2.17. The van der Waals surface area contributed by atoms with Crippen LogP contribution in [-0.2, 0) is 0 Å². The molecule has 0 saturated heterocycles. The van der Waals surface area contributed by atoms with E-state index >= 15 is 0 Å². The molecule has 0 atom stereocenters. The molecule has 0 aromatic heterocycles. The highest BCUT2D eigenvalue weighted by atomic mass is 16.3. The van der Waals surface area contributed by atoms with Crippen LogP contribution in [-0.4, -0.2) is 17.6 Å². The molecule has 0 saturated carbocycles. The van der Waals surface area contributed by atoms with Gasteiger partial charge in [-0.15, -0.1) is 0 Å². The van der Waals surface area contributed by atoms with Gasteiger partial charge in [0.15, 0.2) is 0 Å². The minimum Gasteiger partial charge on any atom is -0.507 e. The first-order valence-electron chi connectivity index (χ1n) is 5.22. The van der Waals surface area contributed by atoms with E-state index in [1.165, 1.54) is 0 Å². The van der Waals surface area contributed by atoms with Gasteiger partial charge in [-0.2, -0.15) is 0 Å². The van der Waals surface area contributed by atoms with Gasteiger partial charge in [0.05, 0.1) is 5.56 Å². The maximum atomic E-state index is 11.7. The Bertz CT molecular complexity index is 418. The van der Waals surface area contributed by atoms with E-state index in [9.17, 15) is 9.90 Å². The Hall–Kier alpha value is -1.77. The van der Waals surface area contributed by atoms with Crippen LogP contribution < -0.4 is 5.32 Å². The number of rotatable bonds is 3. The third-order valence-electron chi connectivity index (χ3n) is 2.26. The van der Waals surface area contributed by atoms with Crippen molar-refractivity contribution >= 4 is 5.91 Å². The van der Waals surface area contributed by atoms with Gasteiger partial charge in [0.2, 0.25) is 0 Å². The minimum atomic E-state index is -0.251. The zero-order valence-electron chi connectivity index (χ0n) is 9.87. The van der Waals surface area contributed by atoms with E-state index in [-0.39, 0.29) is 11.7 Å². The third-order valence-corrected chi connectivity index (χ3v) is 2.26. The van der Waals surface area contributed by atoms with Gasteiger partial charge in [-0.1, -0.05) is 23.8 Å². The van der Waals surface area contributed by atoms with Crippen LogP contribution in [0.4, 0.5) is 0 Å². The molecule has 0 heterocycles. The summed E-state index contributed by atoms with van der Waals surface area (Å²) in [6.45, 7) is 6.18. The van der Waals surface area contributed by atoms with Crippen molar-refractivity contribution in [3.8, 4) is 5.75 Å². The van der Waals surface area contributed by atoms with Crippen LogP contribution in [0.2, 0.25) is 0 Å². The maximum Gasteiger partial charge on any atom is 0.255 e. The van der Waals surface area contributed by atoms with E-state index in [1.54, 1.807) is 25.1 Å². The summed E-state index contributed by atoms with van der Waals surface area (Å²) < 4.78 is 0. The molecule has 1 aromatic rings. The van der Waals surface area contributed by atoms with E-state index in [0.717, 1.165) is 5.57 Å². The van der Waals surface area contributed by atoms with Crippen molar-refractivity contribution in [3.05, 3.63) is 41.0 Å². The Labute approximate surface area is 95.8 Å². The van der Waals surface area contributed by atoms with E-state index in [0.29, 0.717) is 17.7 Å². The Balaban J connectivity index is 2.74. The van der Waals surface area contributed by atoms with Crippen LogP contribution in [0.25, 0.3) is 0 Å². The molecule has 0 aliphatic carbocycles. The predicted octanol–water partition coefficient (Wildman–Crippen LogP) is 2.40. The summed E-state index contributed by atoms with van der Waals surface area (Å²) in [6.07, 6.45) is 1.92. The molecule has 1 rings (SSSR count). The Morgan fingerprint density at radius 1 is 1.44 bits per heavy atom. The van der Waals surface area contributed by atoms with Crippen molar-refractivity contribution in [2.45, 2.75) is 20.8 Å². The van der Waals surface area contributed by atoms with E-state index in [2.05, 4.69) is 5.32 Å². The van der Waals surface area contributed by atoms with Crippen LogP contribution in [0, 0.1) is 6.92 Å². The number of carbonyl (C=O) groups excluding carboxylic acids is 1. The molecule has 0 fully saturated rings. The van der Waals surface area contributed by atoms with Crippen LogP contribution >= 0.6 is 0 Å². The minimum absolute atomic E-state index is 0.0530. The second-order valence-corrected chi connectivity index (χ2v) is 3.96. The van der Waals surface area contributed by atoms with E-state index < -0.39 is 0 Å². The van der Waals surface area contributed by atoms with Gasteiger partial charge in [-0.3, -0.25) is 4.79 Å². The lowest BCUT2D eigenvalue weighted by molar-refractivity contribution is 0.0955. The molecule has 0 unspecified atom stereocenters. The zero-order valence-corrected chi connectivity index (χ0v) is 9.87. The third kappa shape index (κ3) is 3.12. The van der Waals surface area contributed by atoms with Crippen LogP contribution in [0.15, 0.2) is 29.8 Å². The molecule has 3 nitrogen and oxygen atoms in total. The van der Waals surface area contributed by atoms with Crippen molar-refractivity contribution in [3.63, 3.8) is 0 Å². The van der Waals surface area contributed by atoms with Gasteiger partial charge >= 0.3 is 0 Å². The molecular weight excluding hydrogens is 202 g/mol. The summed E-state index contributed by atoms with van der Waals surface area (Å²) >= 11 is 0. The smallest absolute Gasteiger partial charge is 0.255 e. The van der Waals surface area contributed by atoms with Crippen molar-refractivity contribution in [1.82, 2.24) is 5.32 Å². The maximum absolute atomic E-state index is 11.7. The number of amides is 1. The molecule has 2 N–H and O–H groups in total. The van der Waals surface area contributed by atoms with Gasteiger partial charge in [-0.05, 0) is 32.4 Å². The molecule has 1 amide bonds. The van der Waals surface area contributed by atoms with Crippen molar-refractivity contribution in [1.29, 1.82) is 0 Å². The Kier molecular flexibility index (Phi) is 4.11. The molecule has 3 heteroatoms. The highest BCUT2D eigenvalue weighted by Crippen LogP contribution is 2.20. The lowest BCUT2D eigenvalue weighted by Gasteiger charge is -2.06. The number of benzene rings is 1. The summed E-state index contributed by atoms with van der Waals surface area (Å²) in [5.74, 6) is -0.198. The molecule has 0 bridgehead atoms. The fourth-order valence-electron chi connectivity index (χ4n) is 1.29. The largest absolute Gasteiger partial charge is 0.507 e. The lowest BCUT2D eigenvalue weighted by Crippen LogP contribution is -2.23. The topological polar surface area (TPSA) is 49.3 Å². The molecule has 1 aromatic carbocycles. The molecule has 0 radical (unpaired) electrons. The molecular formula is C13H17NO2. The number of hydrogen-bond donors (Lipinski definition) is 2. The molecule has 0 aliphatic rings. The number of aryl methyl sites for hydroxylation is 1.